The van der Waals surface area contributed by atoms with Crippen LogP contribution in [0.25, 0.3) is 11.0 Å². The molecular weight excluding hydrogens is 424 g/mol. The Labute approximate surface area is 194 Å². The minimum absolute atomic E-state index is 0. The van der Waals surface area contributed by atoms with Gasteiger partial charge in [0.2, 0.25) is 0 Å². The molecular formula is C25H29ClN4O2. The number of aryl methyl sites for hydroxylation is 1. The summed E-state index contributed by atoms with van der Waals surface area (Å²) in [5, 5.41) is 4.19. The monoisotopic (exact) mass is 452 g/mol. The number of nitrogens with zero attached hydrogens (tertiary/aromatic N) is 3. The van der Waals surface area contributed by atoms with Gasteiger partial charge in [-0.15, -0.1) is 12.4 Å². The van der Waals surface area contributed by atoms with Crippen LogP contribution >= 0.6 is 12.4 Å². The highest BCUT2D eigenvalue weighted by molar-refractivity contribution is 6.07. The summed E-state index contributed by atoms with van der Waals surface area (Å²) in [6.07, 6.45) is 5.79. The third-order valence-electron chi connectivity index (χ3n) is 6.00. The molecule has 1 amide bonds. The van der Waals surface area contributed by atoms with Crippen LogP contribution < -0.4 is 5.32 Å². The number of hydrogen-bond acceptors (Lipinski definition) is 5. The molecule has 0 aliphatic carbocycles. The Morgan fingerprint density at radius 1 is 1.19 bits per heavy atom. The maximum absolute atomic E-state index is 13.6. The summed E-state index contributed by atoms with van der Waals surface area (Å²) in [6.45, 7) is 6.36. The van der Waals surface area contributed by atoms with E-state index in [1.807, 2.05) is 36.1 Å². The quantitative estimate of drug-likeness (QED) is 0.501. The summed E-state index contributed by atoms with van der Waals surface area (Å²) in [4.78, 5) is 36.5. The van der Waals surface area contributed by atoms with E-state index in [4.69, 9.17) is 0 Å². The highest BCUT2D eigenvalue weighted by atomic mass is 35.5. The van der Waals surface area contributed by atoms with E-state index < -0.39 is 0 Å². The zero-order chi connectivity index (χ0) is 22.0. The largest absolute Gasteiger partial charge is 0.354 e. The van der Waals surface area contributed by atoms with Crippen LogP contribution in [0, 0.1) is 6.92 Å². The number of halogens is 1. The molecule has 3 heterocycles. The van der Waals surface area contributed by atoms with Gasteiger partial charge in [0.15, 0.2) is 11.4 Å². The van der Waals surface area contributed by atoms with Gasteiger partial charge in [-0.25, -0.2) is 9.97 Å². The number of benzene rings is 1. The lowest BCUT2D eigenvalue weighted by atomic mass is 9.98. The van der Waals surface area contributed by atoms with Crippen molar-refractivity contribution in [1.29, 1.82) is 0 Å². The molecule has 0 bridgehead atoms. The zero-order valence-corrected chi connectivity index (χ0v) is 19.5. The van der Waals surface area contributed by atoms with Crippen molar-refractivity contribution >= 4 is 46.5 Å². The molecule has 3 aromatic rings. The van der Waals surface area contributed by atoms with Crippen LogP contribution in [0.5, 0.6) is 0 Å². The average molecular weight is 453 g/mol. The van der Waals surface area contributed by atoms with Crippen molar-refractivity contribution in [2.75, 3.05) is 11.9 Å². The maximum atomic E-state index is 13.6. The summed E-state index contributed by atoms with van der Waals surface area (Å²) in [5.41, 5.74) is 4.04. The fraction of sp³-hybridized carbons (Fsp3) is 0.360. The van der Waals surface area contributed by atoms with Gasteiger partial charge in [0.05, 0.1) is 11.3 Å². The fourth-order valence-electron chi connectivity index (χ4n) is 4.28. The minimum Gasteiger partial charge on any atom is -0.354 e. The molecule has 32 heavy (non-hydrogen) atoms. The molecule has 0 saturated carbocycles. The van der Waals surface area contributed by atoms with E-state index >= 15 is 0 Å². The van der Waals surface area contributed by atoms with Crippen molar-refractivity contribution in [1.82, 2.24) is 14.9 Å². The van der Waals surface area contributed by atoms with Crippen molar-refractivity contribution in [3.63, 3.8) is 0 Å². The van der Waals surface area contributed by atoms with Gasteiger partial charge in [0.1, 0.15) is 0 Å². The first-order valence-electron chi connectivity index (χ1n) is 10.9. The molecule has 2 aromatic heterocycles. The number of carbonyl (C=O) groups excluding carboxylic acids is 2. The summed E-state index contributed by atoms with van der Waals surface area (Å²) in [5.74, 6) is -0.0114. The first-order valence-corrected chi connectivity index (χ1v) is 10.9. The van der Waals surface area contributed by atoms with E-state index in [-0.39, 0.29) is 30.1 Å². The molecule has 6 nitrogen and oxygen atoms in total. The number of pyridine rings is 2. The van der Waals surface area contributed by atoms with Crippen LogP contribution in [0.4, 0.5) is 11.4 Å². The van der Waals surface area contributed by atoms with Crippen molar-refractivity contribution < 1.29 is 9.59 Å². The van der Waals surface area contributed by atoms with E-state index in [2.05, 4.69) is 22.2 Å². The van der Waals surface area contributed by atoms with E-state index in [1.54, 1.807) is 25.3 Å². The molecule has 168 valence electrons. The van der Waals surface area contributed by atoms with E-state index in [9.17, 15) is 9.59 Å². The van der Waals surface area contributed by atoms with Crippen LogP contribution in [0.1, 0.15) is 65.9 Å². The lowest BCUT2D eigenvalue weighted by Crippen LogP contribution is -2.43. The Morgan fingerprint density at radius 2 is 2.00 bits per heavy atom. The maximum Gasteiger partial charge on any atom is 0.257 e. The van der Waals surface area contributed by atoms with Gasteiger partial charge in [-0.1, -0.05) is 19.1 Å². The Morgan fingerprint density at radius 3 is 2.75 bits per heavy atom. The third-order valence-corrected chi connectivity index (χ3v) is 6.00. The SMILES string of the molecule is CCC1CCCCN1C(=O)c1cnc2nc(C)ccc2c1Nc1cccc(C(C)=O)c1.Cl. The number of hydrogen-bond donors (Lipinski definition) is 1. The van der Waals surface area contributed by atoms with Crippen molar-refractivity contribution in [3.8, 4) is 0 Å². The normalized spacial score (nSPS) is 15.8. The second-order valence-electron chi connectivity index (χ2n) is 8.19. The standard InChI is InChI=1S/C25H28N4O2.ClH/c1-4-20-10-5-6-13-29(20)25(31)22-15-26-24-21(12-11-16(2)27-24)23(22)28-19-9-7-8-18(14-19)17(3)30;/h7-9,11-12,14-15,20H,4-6,10,13H2,1-3H3,(H,26,27,28);1H. The van der Waals surface area contributed by atoms with Gasteiger partial charge >= 0.3 is 0 Å². The summed E-state index contributed by atoms with van der Waals surface area (Å²) < 4.78 is 0. The Kier molecular flexibility index (Phi) is 7.46. The minimum atomic E-state index is -0.00764. The lowest BCUT2D eigenvalue weighted by Gasteiger charge is -2.35. The van der Waals surface area contributed by atoms with Gasteiger partial charge in [-0.3, -0.25) is 9.59 Å². The molecule has 7 heteroatoms. The van der Waals surface area contributed by atoms with Gasteiger partial charge in [0, 0.05) is 41.1 Å². The second kappa shape index (κ2) is 10.1. The number of likely N-dealkylation sites (tertiary alicyclic amines) is 1. The topological polar surface area (TPSA) is 75.2 Å². The molecule has 1 unspecified atom stereocenters. The molecule has 1 saturated heterocycles. The zero-order valence-electron chi connectivity index (χ0n) is 18.7. The van der Waals surface area contributed by atoms with Crippen LogP contribution in [0.3, 0.4) is 0 Å². The summed E-state index contributed by atoms with van der Waals surface area (Å²) in [7, 11) is 0. The lowest BCUT2D eigenvalue weighted by molar-refractivity contribution is 0.0608. The molecule has 1 aliphatic rings. The van der Waals surface area contributed by atoms with Crippen LogP contribution in [-0.4, -0.2) is 39.1 Å². The van der Waals surface area contributed by atoms with Gasteiger partial charge in [-0.05, 0) is 63.8 Å². The number of anilines is 2. The molecule has 1 aromatic carbocycles. The Hall–Kier alpha value is -2.99. The van der Waals surface area contributed by atoms with Gasteiger partial charge in [0.25, 0.3) is 5.91 Å². The number of amides is 1. The number of ketones is 1. The van der Waals surface area contributed by atoms with E-state index in [0.29, 0.717) is 22.5 Å². The molecule has 0 radical (unpaired) electrons. The Bertz CT molecular complexity index is 1150. The number of fused-ring (bicyclic) bond motifs is 1. The molecule has 0 spiro atoms. The number of aromatic nitrogens is 2. The number of carbonyl (C=O) groups is 2. The first kappa shape index (κ1) is 23.7. The van der Waals surface area contributed by atoms with E-state index in [1.165, 1.54) is 0 Å². The second-order valence-corrected chi connectivity index (χ2v) is 8.19. The average Bonchev–Trinajstić information content (AvgIpc) is 2.78. The predicted octanol–water partition coefficient (Wildman–Crippen LogP) is 5.71. The highest BCUT2D eigenvalue weighted by Crippen LogP contribution is 2.32. The predicted molar refractivity (Wildman–Crippen MR) is 130 cm³/mol. The van der Waals surface area contributed by atoms with Crippen molar-refractivity contribution in [2.45, 2.75) is 52.5 Å². The van der Waals surface area contributed by atoms with Crippen molar-refractivity contribution in [2.24, 2.45) is 0 Å². The van der Waals surface area contributed by atoms with Crippen molar-refractivity contribution in [3.05, 3.63) is 59.4 Å². The third kappa shape index (κ3) is 4.75. The van der Waals surface area contributed by atoms with Crippen LogP contribution in [-0.2, 0) is 0 Å². The van der Waals surface area contributed by atoms with Gasteiger partial charge in [-0.2, -0.15) is 0 Å². The van der Waals surface area contributed by atoms with Crippen LogP contribution in [0.2, 0.25) is 0 Å². The molecule has 1 N–H and O–H groups in total. The molecule has 4 rings (SSSR count). The molecule has 1 aliphatic heterocycles. The Balaban J connectivity index is 0.00000289. The smallest absolute Gasteiger partial charge is 0.257 e. The van der Waals surface area contributed by atoms with Gasteiger partial charge < -0.3 is 10.2 Å². The van der Waals surface area contributed by atoms with Crippen LogP contribution in [0.15, 0.2) is 42.6 Å². The number of rotatable bonds is 5. The first-order chi connectivity index (χ1) is 15.0. The fourth-order valence-corrected chi connectivity index (χ4v) is 4.28. The summed E-state index contributed by atoms with van der Waals surface area (Å²) in [6, 6.07) is 11.4. The summed E-state index contributed by atoms with van der Waals surface area (Å²) >= 11 is 0. The number of nitrogens with one attached hydrogen (secondary N) is 1. The highest BCUT2D eigenvalue weighted by Gasteiger charge is 2.28. The molecule has 1 fully saturated rings. The number of piperidine rings is 1. The molecule has 1 atom stereocenters. The number of Topliss-reactive ketones (excluding diaryl/α,β-unsaturated/α-hetero) is 1. The van der Waals surface area contributed by atoms with E-state index in [0.717, 1.165) is 49.0 Å².